The molecule has 0 saturated carbocycles. The van der Waals surface area contributed by atoms with E-state index in [2.05, 4.69) is 10.6 Å². The lowest BCUT2D eigenvalue weighted by Gasteiger charge is -2.16. The van der Waals surface area contributed by atoms with Gasteiger partial charge in [-0.3, -0.25) is 9.59 Å². The number of hydrogen-bond acceptors (Lipinski definition) is 3. The minimum Gasteiger partial charge on any atom is -0.325 e. The van der Waals surface area contributed by atoms with Crippen molar-refractivity contribution in [2.24, 2.45) is 0 Å². The Morgan fingerprint density at radius 1 is 0.824 bits per heavy atom. The fourth-order valence-corrected chi connectivity index (χ4v) is 5.00. The van der Waals surface area contributed by atoms with Crippen LogP contribution in [0.3, 0.4) is 0 Å². The van der Waals surface area contributed by atoms with Crippen LogP contribution in [-0.2, 0) is 4.79 Å². The zero-order valence-electron chi connectivity index (χ0n) is 18.3. The summed E-state index contributed by atoms with van der Waals surface area (Å²) in [6.45, 7) is 1.98. The Balaban J connectivity index is 1.43. The Hall–Kier alpha value is -2.99. The molecule has 0 saturated heterocycles. The molecule has 0 aromatic heterocycles. The number of anilines is 2. The number of rotatable bonds is 7. The average molecular weight is 509 g/mol. The molecule has 0 radical (unpaired) electrons. The van der Waals surface area contributed by atoms with Crippen molar-refractivity contribution >= 4 is 68.9 Å². The van der Waals surface area contributed by atoms with Crippen LogP contribution >= 0.6 is 35.0 Å². The number of halogens is 2. The summed E-state index contributed by atoms with van der Waals surface area (Å²) in [4.78, 5) is 26.5. The highest BCUT2D eigenvalue weighted by Crippen LogP contribution is 2.30. The van der Waals surface area contributed by atoms with Crippen molar-refractivity contribution in [2.75, 3.05) is 10.6 Å². The van der Waals surface area contributed by atoms with Gasteiger partial charge in [0, 0.05) is 21.3 Å². The molecule has 34 heavy (non-hydrogen) atoms. The third kappa shape index (κ3) is 5.92. The van der Waals surface area contributed by atoms with Crippen LogP contribution in [0.15, 0.2) is 89.8 Å². The van der Waals surface area contributed by atoms with E-state index in [4.69, 9.17) is 23.2 Å². The van der Waals surface area contributed by atoms with Crippen molar-refractivity contribution in [3.8, 4) is 0 Å². The maximum Gasteiger partial charge on any atom is 0.257 e. The van der Waals surface area contributed by atoms with Crippen LogP contribution in [-0.4, -0.2) is 17.1 Å². The quantitative estimate of drug-likeness (QED) is 0.249. The lowest BCUT2D eigenvalue weighted by molar-refractivity contribution is -0.115. The van der Waals surface area contributed by atoms with Gasteiger partial charge in [0.15, 0.2) is 0 Å². The van der Waals surface area contributed by atoms with Gasteiger partial charge in [0.05, 0.1) is 15.8 Å². The molecule has 0 fully saturated rings. The summed E-state index contributed by atoms with van der Waals surface area (Å²) < 4.78 is 0. The van der Waals surface area contributed by atoms with Crippen molar-refractivity contribution < 1.29 is 9.59 Å². The number of carbonyl (C=O) groups is 2. The first-order valence-electron chi connectivity index (χ1n) is 10.8. The summed E-state index contributed by atoms with van der Waals surface area (Å²) in [6.07, 6.45) is 0.654. The number of hydrogen-bond donors (Lipinski definition) is 2. The number of benzene rings is 4. The highest BCUT2D eigenvalue weighted by atomic mass is 35.5. The van der Waals surface area contributed by atoms with E-state index in [1.807, 2.05) is 67.6 Å². The topological polar surface area (TPSA) is 58.2 Å². The van der Waals surface area contributed by atoms with Crippen molar-refractivity contribution in [1.29, 1.82) is 0 Å². The van der Waals surface area contributed by atoms with Crippen LogP contribution in [0.1, 0.15) is 23.7 Å². The molecule has 4 aromatic rings. The normalized spacial score (nSPS) is 11.7. The molecule has 0 bridgehead atoms. The molecule has 1 unspecified atom stereocenters. The van der Waals surface area contributed by atoms with Crippen molar-refractivity contribution in [1.82, 2.24) is 0 Å². The monoisotopic (exact) mass is 508 g/mol. The van der Waals surface area contributed by atoms with E-state index in [1.165, 1.54) is 17.8 Å². The second-order valence-corrected chi connectivity index (χ2v) is 9.79. The smallest absolute Gasteiger partial charge is 0.257 e. The zero-order chi connectivity index (χ0) is 24.1. The molecule has 0 aliphatic heterocycles. The molecule has 0 heterocycles. The zero-order valence-corrected chi connectivity index (χ0v) is 20.7. The van der Waals surface area contributed by atoms with Gasteiger partial charge in [-0.1, -0.05) is 66.5 Å². The van der Waals surface area contributed by atoms with E-state index < -0.39 is 0 Å². The van der Waals surface area contributed by atoms with Crippen LogP contribution in [0.5, 0.6) is 0 Å². The Morgan fingerprint density at radius 3 is 2.35 bits per heavy atom. The summed E-state index contributed by atoms with van der Waals surface area (Å²) >= 11 is 13.5. The number of carbonyl (C=O) groups excluding carboxylic acids is 2. The highest BCUT2D eigenvalue weighted by molar-refractivity contribution is 8.00. The van der Waals surface area contributed by atoms with Gasteiger partial charge in [0.1, 0.15) is 0 Å². The van der Waals surface area contributed by atoms with Crippen molar-refractivity contribution in [3.05, 3.63) is 101 Å². The Bertz CT molecular complexity index is 1360. The van der Waals surface area contributed by atoms with Gasteiger partial charge < -0.3 is 10.6 Å². The summed E-state index contributed by atoms with van der Waals surface area (Å²) in [7, 11) is 0. The summed E-state index contributed by atoms with van der Waals surface area (Å²) in [5.74, 6) is -0.393. The first-order valence-corrected chi connectivity index (χ1v) is 12.4. The van der Waals surface area contributed by atoms with Gasteiger partial charge in [-0.2, -0.15) is 0 Å². The SMILES string of the molecule is CCC(Sc1cccc(NC(=O)c2ccc(Cl)cc2Cl)c1)C(=O)Nc1ccc2ccccc2c1. The minimum absolute atomic E-state index is 0.0647. The van der Waals surface area contributed by atoms with Gasteiger partial charge in [-0.25, -0.2) is 0 Å². The van der Waals surface area contributed by atoms with Crippen molar-refractivity contribution in [2.45, 2.75) is 23.5 Å². The van der Waals surface area contributed by atoms with Gasteiger partial charge in [0.25, 0.3) is 5.91 Å². The van der Waals surface area contributed by atoms with Crippen LogP contribution in [0.2, 0.25) is 10.0 Å². The average Bonchev–Trinajstić information content (AvgIpc) is 2.82. The predicted molar refractivity (Wildman–Crippen MR) is 143 cm³/mol. The van der Waals surface area contributed by atoms with Gasteiger partial charge in [-0.15, -0.1) is 11.8 Å². The standard InChI is InChI=1S/C27H22Cl2N2O2S/c1-2-25(27(33)31-21-12-10-17-6-3-4-7-18(17)14-21)34-22-9-5-8-20(16-22)30-26(32)23-13-11-19(28)15-24(23)29/h3-16,25H,2H2,1H3,(H,30,32)(H,31,33). The van der Waals surface area contributed by atoms with Gasteiger partial charge in [-0.05, 0) is 65.7 Å². The molecule has 4 nitrogen and oxygen atoms in total. The molecule has 0 aliphatic rings. The number of thioether (sulfide) groups is 1. The maximum absolute atomic E-state index is 13.0. The second kappa shape index (κ2) is 11.0. The van der Waals surface area contributed by atoms with Crippen molar-refractivity contribution in [3.63, 3.8) is 0 Å². The molecule has 7 heteroatoms. The molecule has 172 valence electrons. The Labute approximate surface area is 212 Å². The van der Waals surface area contributed by atoms with Crippen LogP contribution in [0.25, 0.3) is 10.8 Å². The summed E-state index contributed by atoms with van der Waals surface area (Å²) in [5.41, 5.74) is 1.72. The summed E-state index contributed by atoms with van der Waals surface area (Å²) in [6, 6.07) is 26.1. The van der Waals surface area contributed by atoms with Gasteiger partial charge >= 0.3 is 0 Å². The number of amides is 2. The molecule has 2 N–H and O–H groups in total. The minimum atomic E-state index is -0.329. The molecular weight excluding hydrogens is 487 g/mol. The fourth-order valence-electron chi connectivity index (χ4n) is 3.50. The maximum atomic E-state index is 13.0. The third-order valence-corrected chi connectivity index (χ3v) is 7.13. The summed E-state index contributed by atoms with van der Waals surface area (Å²) in [5, 5.41) is 8.55. The Kier molecular flexibility index (Phi) is 7.78. The molecular formula is C27H22Cl2N2O2S. The number of fused-ring (bicyclic) bond motifs is 1. The molecule has 0 aliphatic carbocycles. The lowest BCUT2D eigenvalue weighted by atomic mass is 10.1. The van der Waals surface area contributed by atoms with E-state index in [1.54, 1.807) is 18.2 Å². The molecule has 2 amide bonds. The van der Waals surface area contributed by atoms with E-state index in [0.29, 0.717) is 22.7 Å². The molecule has 4 rings (SSSR count). The predicted octanol–water partition coefficient (Wildman–Crippen LogP) is 7.91. The van der Waals surface area contributed by atoms with E-state index >= 15 is 0 Å². The van der Waals surface area contributed by atoms with Gasteiger partial charge in [0.2, 0.25) is 5.91 Å². The number of nitrogens with one attached hydrogen (secondary N) is 2. The highest BCUT2D eigenvalue weighted by Gasteiger charge is 2.19. The van der Waals surface area contributed by atoms with E-state index in [9.17, 15) is 9.59 Å². The molecule has 1 atom stereocenters. The Morgan fingerprint density at radius 2 is 1.59 bits per heavy atom. The van der Waals surface area contributed by atoms with E-state index in [0.717, 1.165) is 21.4 Å². The third-order valence-electron chi connectivity index (χ3n) is 5.23. The van der Waals surface area contributed by atoms with Crippen LogP contribution < -0.4 is 10.6 Å². The lowest BCUT2D eigenvalue weighted by Crippen LogP contribution is -2.24. The van der Waals surface area contributed by atoms with E-state index in [-0.39, 0.29) is 22.1 Å². The molecule has 4 aromatic carbocycles. The largest absolute Gasteiger partial charge is 0.325 e. The van der Waals surface area contributed by atoms with Crippen LogP contribution in [0, 0.1) is 0 Å². The molecule has 0 spiro atoms. The second-order valence-electron chi connectivity index (χ2n) is 7.67. The van der Waals surface area contributed by atoms with Crippen LogP contribution in [0.4, 0.5) is 11.4 Å². The first kappa shape index (κ1) is 24.1. The first-order chi connectivity index (χ1) is 16.4. The fraction of sp³-hybridized carbons (Fsp3) is 0.111.